The van der Waals surface area contributed by atoms with Crippen molar-refractivity contribution in [3.63, 3.8) is 0 Å². The minimum atomic E-state index is -3.98. The molecule has 0 bridgehead atoms. The molecule has 2 aromatic rings. The molecule has 1 aliphatic rings. The second kappa shape index (κ2) is 6.36. The third kappa shape index (κ3) is 3.42. The highest BCUT2D eigenvalue weighted by atomic mass is 32.2. The van der Waals surface area contributed by atoms with E-state index in [0.717, 1.165) is 0 Å². The van der Waals surface area contributed by atoms with Gasteiger partial charge in [0.2, 0.25) is 15.9 Å². The lowest BCUT2D eigenvalue weighted by molar-refractivity contribution is -0.116. The molecule has 1 aromatic carbocycles. The van der Waals surface area contributed by atoms with E-state index >= 15 is 0 Å². The summed E-state index contributed by atoms with van der Waals surface area (Å²) in [4.78, 5) is 15.8. The quantitative estimate of drug-likeness (QED) is 0.840. The summed E-state index contributed by atoms with van der Waals surface area (Å²) in [5.74, 6) is -0.856. The monoisotopic (exact) mass is 395 g/mol. The molecule has 0 unspecified atom stereocenters. The third-order valence-corrected chi connectivity index (χ3v) is 7.14. The standard InChI is InChI=1S/C16H17N3O5S2/c1-11-3-4-14(19-16(20)6-8-25(19,21)22)10-15(11)26(23,24)18-13-5-7-17-12(2)9-13/h3-5,7,9-10H,6,8H2,1-2H3,(H,17,18). The fourth-order valence-corrected chi connectivity index (χ4v) is 5.46. The summed E-state index contributed by atoms with van der Waals surface area (Å²) < 4.78 is 52.8. The molecule has 1 N–H and O–H groups in total. The van der Waals surface area contributed by atoms with Crippen LogP contribution >= 0.6 is 0 Å². The summed E-state index contributed by atoms with van der Waals surface area (Å²) >= 11 is 0. The van der Waals surface area contributed by atoms with Gasteiger partial charge in [0.05, 0.1) is 22.0 Å². The summed E-state index contributed by atoms with van der Waals surface area (Å²) in [5.41, 5.74) is 1.43. The van der Waals surface area contributed by atoms with Gasteiger partial charge in [-0.2, -0.15) is 0 Å². The minimum absolute atomic E-state index is 0.0179. The maximum atomic E-state index is 12.8. The maximum Gasteiger partial charge on any atom is 0.262 e. The second-order valence-electron chi connectivity index (χ2n) is 5.97. The van der Waals surface area contributed by atoms with E-state index in [2.05, 4.69) is 9.71 Å². The fourth-order valence-electron chi connectivity index (χ4n) is 2.69. The van der Waals surface area contributed by atoms with E-state index in [1.165, 1.54) is 30.5 Å². The number of rotatable bonds is 4. The van der Waals surface area contributed by atoms with Crippen molar-refractivity contribution in [3.8, 4) is 0 Å². The van der Waals surface area contributed by atoms with Gasteiger partial charge in [-0.15, -0.1) is 0 Å². The van der Waals surface area contributed by atoms with Gasteiger partial charge in [-0.05, 0) is 43.7 Å². The number of anilines is 2. The molecule has 138 valence electrons. The Bertz CT molecular complexity index is 1090. The molecule has 10 heteroatoms. The number of hydrogen-bond donors (Lipinski definition) is 1. The Labute approximate surface area is 152 Å². The largest absolute Gasteiger partial charge is 0.280 e. The molecule has 1 aliphatic heterocycles. The van der Waals surface area contributed by atoms with E-state index < -0.39 is 26.0 Å². The van der Waals surface area contributed by atoms with Crippen molar-refractivity contribution in [2.45, 2.75) is 25.2 Å². The van der Waals surface area contributed by atoms with Crippen LogP contribution in [0.15, 0.2) is 41.4 Å². The van der Waals surface area contributed by atoms with Gasteiger partial charge < -0.3 is 0 Å². The summed E-state index contributed by atoms with van der Waals surface area (Å²) in [6.07, 6.45) is 1.36. The van der Waals surface area contributed by atoms with Crippen LogP contribution < -0.4 is 9.03 Å². The molecule has 0 aliphatic carbocycles. The topological polar surface area (TPSA) is 114 Å². The van der Waals surface area contributed by atoms with Gasteiger partial charge in [-0.25, -0.2) is 21.1 Å². The molecule has 3 rings (SSSR count). The molecule has 1 saturated heterocycles. The number of amides is 1. The average molecular weight is 395 g/mol. The first-order valence-electron chi connectivity index (χ1n) is 7.72. The number of aryl methyl sites for hydroxylation is 2. The molecule has 0 atom stereocenters. The van der Waals surface area contributed by atoms with Crippen LogP contribution in [-0.2, 0) is 24.8 Å². The number of hydrogen-bond acceptors (Lipinski definition) is 6. The smallest absolute Gasteiger partial charge is 0.262 e. The first-order chi connectivity index (χ1) is 12.1. The van der Waals surface area contributed by atoms with Gasteiger partial charge in [-0.3, -0.25) is 14.5 Å². The fraction of sp³-hybridized carbons (Fsp3) is 0.250. The highest BCUT2D eigenvalue weighted by Gasteiger charge is 2.37. The van der Waals surface area contributed by atoms with Gasteiger partial charge in [0.25, 0.3) is 10.0 Å². The lowest BCUT2D eigenvalue weighted by Crippen LogP contribution is -2.29. The molecule has 1 amide bonds. The third-order valence-electron chi connectivity index (χ3n) is 3.92. The van der Waals surface area contributed by atoms with Crippen molar-refractivity contribution in [1.29, 1.82) is 0 Å². The highest BCUT2D eigenvalue weighted by molar-refractivity contribution is 7.94. The van der Waals surface area contributed by atoms with Crippen molar-refractivity contribution >= 4 is 37.3 Å². The van der Waals surface area contributed by atoms with E-state index in [0.29, 0.717) is 21.2 Å². The van der Waals surface area contributed by atoms with Gasteiger partial charge in [0, 0.05) is 18.3 Å². The number of pyridine rings is 1. The van der Waals surface area contributed by atoms with Crippen molar-refractivity contribution in [1.82, 2.24) is 4.98 Å². The second-order valence-corrected chi connectivity index (χ2v) is 9.55. The molecule has 1 aromatic heterocycles. The molecule has 26 heavy (non-hydrogen) atoms. The number of carbonyl (C=O) groups excluding carboxylic acids is 1. The summed E-state index contributed by atoms with van der Waals surface area (Å²) in [6.45, 7) is 3.32. The van der Waals surface area contributed by atoms with Crippen molar-refractivity contribution in [2.75, 3.05) is 14.8 Å². The summed E-state index contributed by atoms with van der Waals surface area (Å²) in [5, 5.41) is 0. The molecule has 2 heterocycles. The minimum Gasteiger partial charge on any atom is -0.280 e. The molecular formula is C16H17N3O5S2. The van der Waals surface area contributed by atoms with Crippen LogP contribution in [0.2, 0.25) is 0 Å². The summed E-state index contributed by atoms with van der Waals surface area (Å²) in [7, 11) is -7.75. The molecule has 0 spiro atoms. The Morgan fingerprint density at radius 3 is 2.50 bits per heavy atom. The van der Waals surface area contributed by atoms with Crippen LogP contribution in [0, 0.1) is 13.8 Å². The van der Waals surface area contributed by atoms with Crippen molar-refractivity contribution in [2.24, 2.45) is 0 Å². The number of sulfonamides is 2. The van der Waals surface area contributed by atoms with Gasteiger partial charge in [0.1, 0.15) is 0 Å². The Morgan fingerprint density at radius 2 is 1.88 bits per heavy atom. The summed E-state index contributed by atoms with van der Waals surface area (Å²) in [6, 6.07) is 7.18. The molecule has 0 saturated carbocycles. The predicted molar refractivity (Wildman–Crippen MR) is 96.9 cm³/mol. The number of nitrogens with one attached hydrogen (secondary N) is 1. The zero-order valence-electron chi connectivity index (χ0n) is 14.1. The molecule has 8 nitrogen and oxygen atoms in total. The zero-order chi connectivity index (χ0) is 19.1. The van der Waals surface area contributed by atoms with Gasteiger partial charge in [0.15, 0.2) is 0 Å². The molecule has 1 fully saturated rings. The van der Waals surface area contributed by atoms with E-state index in [9.17, 15) is 21.6 Å². The van der Waals surface area contributed by atoms with E-state index in [-0.39, 0.29) is 22.8 Å². The van der Waals surface area contributed by atoms with Crippen LogP contribution in [0.25, 0.3) is 0 Å². The van der Waals surface area contributed by atoms with E-state index in [1.807, 2.05) is 0 Å². The number of benzene rings is 1. The van der Waals surface area contributed by atoms with Crippen LogP contribution in [0.1, 0.15) is 17.7 Å². The maximum absolute atomic E-state index is 12.8. The van der Waals surface area contributed by atoms with Crippen LogP contribution in [0.4, 0.5) is 11.4 Å². The van der Waals surface area contributed by atoms with Gasteiger partial charge in [-0.1, -0.05) is 6.07 Å². The van der Waals surface area contributed by atoms with E-state index in [4.69, 9.17) is 0 Å². The predicted octanol–water partition coefficient (Wildman–Crippen LogP) is 1.57. The van der Waals surface area contributed by atoms with E-state index in [1.54, 1.807) is 19.9 Å². The number of nitrogens with zero attached hydrogens (tertiary/aromatic N) is 2. The Balaban J connectivity index is 2.04. The van der Waals surface area contributed by atoms with Gasteiger partial charge >= 0.3 is 0 Å². The average Bonchev–Trinajstić information content (AvgIpc) is 2.81. The zero-order valence-corrected chi connectivity index (χ0v) is 15.8. The normalized spacial score (nSPS) is 16.7. The van der Waals surface area contributed by atoms with Crippen LogP contribution in [0.5, 0.6) is 0 Å². The Morgan fingerprint density at radius 1 is 1.15 bits per heavy atom. The number of carbonyl (C=O) groups is 1. The highest BCUT2D eigenvalue weighted by Crippen LogP contribution is 2.29. The van der Waals surface area contributed by atoms with Crippen LogP contribution in [-0.4, -0.2) is 33.5 Å². The first kappa shape index (κ1) is 18.3. The Kier molecular flexibility index (Phi) is 4.49. The number of aromatic nitrogens is 1. The molecular weight excluding hydrogens is 378 g/mol. The lowest BCUT2D eigenvalue weighted by Gasteiger charge is -2.17. The van der Waals surface area contributed by atoms with Crippen molar-refractivity contribution < 1.29 is 21.6 Å². The molecule has 0 radical (unpaired) electrons. The first-order valence-corrected chi connectivity index (χ1v) is 10.8. The SMILES string of the molecule is Cc1cc(NS(=O)(=O)c2cc(N3C(=O)CCS3(=O)=O)ccc2C)ccn1. The lowest BCUT2D eigenvalue weighted by atomic mass is 10.2. The van der Waals surface area contributed by atoms with Crippen LogP contribution in [0.3, 0.4) is 0 Å². The van der Waals surface area contributed by atoms with Crippen molar-refractivity contribution in [3.05, 3.63) is 47.8 Å². The Hall–Kier alpha value is -2.46.